The van der Waals surface area contributed by atoms with Crippen LogP contribution in [0.4, 0.5) is 11.4 Å². The highest BCUT2D eigenvalue weighted by Gasteiger charge is 2.15. The van der Waals surface area contributed by atoms with Gasteiger partial charge in [0.1, 0.15) is 0 Å². The fourth-order valence-electron chi connectivity index (χ4n) is 2.21. The van der Waals surface area contributed by atoms with E-state index in [2.05, 4.69) is 10.6 Å². The van der Waals surface area contributed by atoms with Crippen LogP contribution in [0.1, 0.15) is 33.6 Å². The van der Waals surface area contributed by atoms with E-state index in [1.165, 1.54) is 36.4 Å². The van der Waals surface area contributed by atoms with Crippen molar-refractivity contribution in [3.05, 3.63) is 59.7 Å². The Morgan fingerprint density at radius 3 is 1.35 bits per heavy atom. The van der Waals surface area contributed by atoms with Crippen LogP contribution in [0.3, 0.4) is 0 Å². The lowest BCUT2D eigenvalue weighted by Crippen LogP contribution is -2.19. The van der Waals surface area contributed by atoms with Crippen LogP contribution in [-0.4, -0.2) is 34.0 Å². The predicted octanol–water partition coefficient (Wildman–Crippen LogP) is 2.44. The van der Waals surface area contributed by atoms with Crippen LogP contribution in [0, 0.1) is 0 Å². The Hall–Kier alpha value is -3.68. The van der Waals surface area contributed by atoms with E-state index in [1.807, 2.05) is 0 Å². The number of nitrogens with one attached hydrogen (secondary N) is 2. The Balaban J connectivity index is 1.93. The molecule has 2 amide bonds. The number of benzene rings is 2. The molecule has 2 rings (SSSR count). The highest BCUT2D eigenvalue weighted by Crippen LogP contribution is 2.17. The first-order valence-corrected chi connectivity index (χ1v) is 7.63. The second-order valence-electron chi connectivity index (χ2n) is 5.30. The van der Waals surface area contributed by atoms with Gasteiger partial charge in [0.05, 0.1) is 22.5 Å². The minimum absolute atomic E-state index is 0.0549. The number of carboxylic acids is 2. The molecule has 0 atom stereocenters. The first-order chi connectivity index (χ1) is 12.4. The number of carboxylic acid groups (broad SMARTS) is 2. The summed E-state index contributed by atoms with van der Waals surface area (Å²) in [5.74, 6) is -3.41. The van der Waals surface area contributed by atoms with Gasteiger partial charge in [-0.3, -0.25) is 9.59 Å². The van der Waals surface area contributed by atoms with Crippen LogP contribution < -0.4 is 10.6 Å². The Morgan fingerprint density at radius 1 is 0.654 bits per heavy atom. The highest BCUT2D eigenvalue weighted by atomic mass is 16.4. The topological polar surface area (TPSA) is 133 Å². The van der Waals surface area contributed by atoms with E-state index in [0.717, 1.165) is 0 Å². The van der Waals surface area contributed by atoms with E-state index >= 15 is 0 Å². The van der Waals surface area contributed by atoms with Gasteiger partial charge in [0, 0.05) is 12.8 Å². The van der Waals surface area contributed by atoms with Crippen molar-refractivity contribution in [3.63, 3.8) is 0 Å². The van der Waals surface area contributed by atoms with Gasteiger partial charge in [0.15, 0.2) is 0 Å². The van der Waals surface area contributed by atoms with E-state index in [9.17, 15) is 19.2 Å². The van der Waals surface area contributed by atoms with Gasteiger partial charge in [-0.15, -0.1) is 0 Å². The van der Waals surface area contributed by atoms with Gasteiger partial charge >= 0.3 is 11.9 Å². The summed E-state index contributed by atoms with van der Waals surface area (Å²) in [4.78, 5) is 46.1. The molecule has 0 aliphatic heterocycles. The molecule has 2 aromatic carbocycles. The van der Waals surface area contributed by atoms with Gasteiger partial charge in [-0.25, -0.2) is 9.59 Å². The Bertz CT molecular complexity index is 791. The molecular formula is C18H16N2O6. The van der Waals surface area contributed by atoms with Crippen LogP contribution in [0.2, 0.25) is 0 Å². The number of para-hydroxylation sites is 2. The molecule has 0 heterocycles. The van der Waals surface area contributed by atoms with E-state index in [4.69, 9.17) is 10.2 Å². The van der Waals surface area contributed by atoms with E-state index < -0.39 is 23.8 Å². The van der Waals surface area contributed by atoms with Crippen LogP contribution >= 0.6 is 0 Å². The summed E-state index contributed by atoms with van der Waals surface area (Å²) in [6, 6.07) is 11.8. The Kier molecular flexibility index (Phi) is 6.05. The largest absolute Gasteiger partial charge is 0.478 e. The van der Waals surface area contributed by atoms with Gasteiger partial charge in [0.2, 0.25) is 11.8 Å². The SMILES string of the molecule is O=C(CCC(=O)Nc1ccccc1C(=O)O)Nc1ccccc1C(=O)O. The average Bonchev–Trinajstić information content (AvgIpc) is 2.60. The fraction of sp³-hybridized carbons (Fsp3) is 0.111. The quantitative estimate of drug-likeness (QED) is 0.602. The van der Waals surface area contributed by atoms with Crippen molar-refractivity contribution in [3.8, 4) is 0 Å². The maximum Gasteiger partial charge on any atom is 0.337 e. The van der Waals surface area contributed by atoms with Crippen molar-refractivity contribution in [1.82, 2.24) is 0 Å². The summed E-state index contributed by atoms with van der Waals surface area (Å²) < 4.78 is 0. The fourth-order valence-corrected chi connectivity index (χ4v) is 2.21. The number of rotatable bonds is 7. The number of amides is 2. The van der Waals surface area contributed by atoms with Crippen molar-refractivity contribution in [1.29, 1.82) is 0 Å². The molecular weight excluding hydrogens is 340 g/mol. The molecule has 0 aromatic heterocycles. The average molecular weight is 356 g/mol. The minimum atomic E-state index is -1.18. The van der Waals surface area contributed by atoms with Crippen molar-refractivity contribution < 1.29 is 29.4 Å². The van der Waals surface area contributed by atoms with E-state index in [0.29, 0.717) is 0 Å². The van der Waals surface area contributed by atoms with E-state index in [1.54, 1.807) is 12.1 Å². The Labute approximate surface area is 148 Å². The van der Waals surface area contributed by atoms with Gasteiger partial charge in [0.25, 0.3) is 0 Å². The lowest BCUT2D eigenvalue weighted by molar-refractivity contribution is -0.121. The number of carbonyl (C=O) groups is 4. The molecule has 4 N–H and O–H groups in total. The number of carbonyl (C=O) groups excluding carboxylic acids is 2. The summed E-state index contributed by atoms with van der Waals surface area (Å²) in [7, 11) is 0. The lowest BCUT2D eigenvalue weighted by Gasteiger charge is -2.09. The van der Waals surface area contributed by atoms with Gasteiger partial charge in [-0.2, -0.15) is 0 Å². The highest BCUT2D eigenvalue weighted by molar-refractivity contribution is 6.03. The van der Waals surface area contributed by atoms with Crippen LogP contribution in [-0.2, 0) is 9.59 Å². The summed E-state index contributed by atoms with van der Waals surface area (Å²) in [6.45, 7) is 0. The predicted molar refractivity (Wildman–Crippen MR) is 93.3 cm³/mol. The van der Waals surface area contributed by atoms with Crippen molar-refractivity contribution >= 4 is 35.1 Å². The molecule has 26 heavy (non-hydrogen) atoms. The third-order valence-electron chi connectivity index (χ3n) is 3.44. The molecule has 8 heteroatoms. The maximum atomic E-state index is 11.9. The smallest absolute Gasteiger partial charge is 0.337 e. The molecule has 0 saturated carbocycles. The summed E-state index contributed by atoms with van der Waals surface area (Å²) in [5.41, 5.74) is 0.171. The number of hydrogen-bond acceptors (Lipinski definition) is 4. The third-order valence-corrected chi connectivity index (χ3v) is 3.44. The molecule has 0 bridgehead atoms. The number of anilines is 2. The molecule has 134 valence electrons. The lowest BCUT2D eigenvalue weighted by atomic mass is 10.1. The molecule has 0 unspecified atom stereocenters. The molecule has 0 saturated heterocycles. The summed E-state index contributed by atoms with van der Waals surface area (Å²) in [6.07, 6.45) is -0.371. The molecule has 0 aliphatic rings. The van der Waals surface area contributed by atoms with E-state index in [-0.39, 0.29) is 35.3 Å². The second kappa shape index (κ2) is 8.43. The summed E-state index contributed by atoms with van der Waals surface area (Å²) in [5, 5.41) is 23.0. The maximum absolute atomic E-state index is 11.9. The summed E-state index contributed by atoms with van der Waals surface area (Å²) >= 11 is 0. The first kappa shape index (κ1) is 18.7. The zero-order valence-corrected chi connectivity index (χ0v) is 13.6. The minimum Gasteiger partial charge on any atom is -0.478 e. The van der Waals surface area contributed by atoms with Crippen molar-refractivity contribution in [2.24, 2.45) is 0 Å². The number of aromatic carboxylic acids is 2. The molecule has 2 aromatic rings. The first-order valence-electron chi connectivity index (χ1n) is 7.63. The molecule has 0 fully saturated rings. The normalized spacial score (nSPS) is 10.0. The zero-order valence-electron chi connectivity index (χ0n) is 13.6. The molecule has 0 radical (unpaired) electrons. The monoisotopic (exact) mass is 356 g/mol. The van der Waals surface area contributed by atoms with Gasteiger partial charge < -0.3 is 20.8 Å². The number of hydrogen-bond donors (Lipinski definition) is 4. The van der Waals surface area contributed by atoms with Crippen LogP contribution in [0.5, 0.6) is 0 Å². The Morgan fingerprint density at radius 2 is 1.00 bits per heavy atom. The van der Waals surface area contributed by atoms with Gasteiger partial charge in [-0.05, 0) is 24.3 Å². The van der Waals surface area contributed by atoms with Crippen molar-refractivity contribution in [2.45, 2.75) is 12.8 Å². The molecule has 8 nitrogen and oxygen atoms in total. The molecule has 0 aliphatic carbocycles. The third kappa shape index (κ3) is 4.91. The second-order valence-corrected chi connectivity index (χ2v) is 5.30. The van der Waals surface area contributed by atoms with Crippen LogP contribution in [0.15, 0.2) is 48.5 Å². The van der Waals surface area contributed by atoms with Gasteiger partial charge in [-0.1, -0.05) is 24.3 Å². The van der Waals surface area contributed by atoms with Crippen LogP contribution in [0.25, 0.3) is 0 Å². The standard InChI is InChI=1S/C18H16N2O6/c21-15(19-13-7-3-1-5-11(13)17(23)24)9-10-16(22)20-14-8-4-2-6-12(14)18(25)26/h1-8H,9-10H2,(H,19,21)(H,20,22)(H,23,24)(H,25,26). The molecule has 0 spiro atoms. The zero-order chi connectivity index (χ0) is 19.1. The van der Waals surface area contributed by atoms with Crippen molar-refractivity contribution in [2.75, 3.05) is 10.6 Å².